The first-order chi connectivity index (χ1) is 13.2. The molecule has 1 aromatic carbocycles. The number of carbonyl (C=O) groups excluding carboxylic acids is 1. The molecule has 1 atom stereocenters. The number of nitrogens with one attached hydrogen (secondary N) is 2. The molecule has 1 aliphatic heterocycles. The minimum absolute atomic E-state index is 0.278. The van der Waals surface area contributed by atoms with E-state index in [-0.39, 0.29) is 5.92 Å². The number of amides is 1. The molecule has 2 N–H and O–H groups in total. The molecule has 5 nitrogen and oxygen atoms in total. The molecule has 1 heterocycles. The highest BCUT2D eigenvalue weighted by atomic mass is 32.2. The van der Waals surface area contributed by atoms with Crippen LogP contribution < -0.4 is 10.6 Å². The van der Waals surface area contributed by atoms with E-state index in [0.717, 1.165) is 50.6 Å². The van der Waals surface area contributed by atoms with Crippen LogP contribution in [-0.4, -0.2) is 55.2 Å². The Morgan fingerprint density at radius 3 is 2.67 bits per heavy atom. The largest absolute Gasteiger partial charge is 0.356 e. The van der Waals surface area contributed by atoms with Gasteiger partial charge in [0.25, 0.3) is 0 Å². The second-order valence-electron chi connectivity index (χ2n) is 7.56. The lowest BCUT2D eigenvalue weighted by molar-refractivity contribution is -0.134. The maximum Gasteiger partial charge on any atom is 0.225 e. The van der Waals surface area contributed by atoms with Crippen LogP contribution in [0.1, 0.15) is 37.7 Å². The summed E-state index contributed by atoms with van der Waals surface area (Å²) in [6, 6.07) is 8.93. The Balaban J connectivity index is 1.36. The Bertz CT molecular complexity index is 640. The molecule has 0 bridgehead atoms. The maximum atomic E-state index is 12.6. The van der Waals surface area contributed by atoms with Gasteiger partial charge in [0.15, 0.2) is 5.96 Å². The van der Waals surface area contributed by atoms with E-state index in [1.165, 1.54) is 23.3 Å². The first-order valence-corrected chi connectivity index (χ1v) is 11.1. The highest BCUT2D eigenvalue weighted by Gasteiger charge is 2.32. The third-order valence-electron chi connectivity index (χ3n) is 5.45. The van der Waals surface area contributed by atoms with Crippen molar-refractivity contribution in [1.29, 1.82) is 0 Å². The Hall–Kier alpha value is -1.69. The Morgan fingerprint density at radius 1 is 1.22 bits per heavy atom. The molecule has 1 aliphatic carbocycles. The van der Waals surface area contributed by atoms with Crippen LogP contribution in [0.4, 0.5) is 0 Å². The maximum absolute atomic E-state index is 12.6. The van der Waals surface area contributed by atoms with Crippen molar-refractivity contribution in [1.82, 2.24) is 15.5 Å². The summed E-state index contributed by atoms with van der Waals surface area (Å²) in [5.74, 6) is 2.47. The monoisotopic (exact) mass is 388 g/mol. The van der Waals surface area contributed by atoms with Gasteiger partial charge in [-0.3, -0.25) is 9.79 Å². The Labute approximate surface area is 167 Å². The normalized spacial score (nSPS) is 20.9. The van der Waals surface area contributed by atoms with Crippen LogP contribution in [0.15, 0.2) is 34.2 Å². The zero-order valence-electron chi connectivity index (χ0n) is 16.5. The number of carbonyl (C=O) groups is 1. The van der Waals surface area contributed by atoms with Crippen LogP contribution in [0, 0.1) is 12.8 Å². The molecule has 1 unspecified atom stereocenters. The summed E-state index contributed by atoms with van der Waals surface area (Å²) >= 11 is 1.84. The second kappa shape index (κ2) is 10.0. The van der Waals surface area contributed by atoms with Crippen molar-refractivity contribution in [3.8, 4) is 0 Å². The van der Waals surface area contributed by atoms with E-state index in [1.54, 1.807) is 7.05 Å². The molecule has 0 spiro atoms. The van der Waals surface area contributed by atoms with Crippen LogP contribution in [0.2, 0.25) is 0 Å². The molecule has 1 aromatic rings. The first-order valence-electron chi connectivity index (χ1n) is 10.1. The molecule has 2 fully saturated rings. The average molecular weight is 389 g/mol. The van der Waals surface area contributed by atoms with Gasteiger partial charge in [0.05, 0.1) is 0 Å². The van der Waals surface area contributed by atoms with Gasteiger partial charge in [0.1, 0.15) is 0 Å². The fourth-order valence-electron chi connectivity index (χ4n) is 3.87. The second-order valence-corrected chi connectivity index (χ2v) is 8.72. The highest BCUT2D eigenvalue weighted by molar-refractivity contribution is 7.99. The van der Waals surface area contributed by atoms with E-state index in [0.29, 0.717) is 11.9 Å². The third kappa shape index (κ3) is 5.89. The van der Waals surface area contributed by atoms with Gasteiger partial charge in [-0.05, 0) is 38.3 Å². The van der Waals surface area contributed by atoms with Crippen molar-refractivity contribution in [2.24, 2.45) is 10.9 Å². The molecule has 148 valence electrons. The first kappa shape index (κ1) is 20.1. The summed E-state index contributed by atoms with van der Waals surface area (Å²) in [5.41, 5.74) is 1.29. The number of hydrogen-bond acceptors (Lipinski definition) is 3. The van der Waals surface area contributed by atoms with Crippen LogP contribution in [0.3, 0.4) is 0 Å². The van der Waals surface area contributed by atoms with Crippen molar-refractivity contribution >= 4 is 23.6 Å². The number of aryl methyl sites for hydroxylation is 1. The van der Waals surface area contributed by atoms with Gasteiger partial charge in [-0.15, -0.1) is 11.8 Å². The summed E-state index contributed by atoms with van der Waals surface area (Å²) in [4.78, 5) is 20.2. The molecule has 27 heavy (non-hydrogen) atoms. The van der Waals surface area contributed by atoms with E-state index in [9.17, 15) is 4.79 Å². The van der Waals surface area contributed by atoms with Gasteiger partial charge in [-0.25, -0.2) is 0 Å². The zero-order valence-corrected chi connectivity index (χ0v) is 17.4. The zero-order chi connectivity index (χ0) is 19.1. The minimum atomic E-state index is 0.278. The van der Waals surface area contributed by atoms with Crippen molar-refractivity contribution in [2.75, 3.05) is 32.4 Å². The van der Waals surface area contributed by atoms with E-state index in [1.807, 2.05) is 16.7 Å². The lowest BCUT2D eigenvalue weighted by atomic mass is 10.1. The van der Waals surface area contributed by atoms with E-state index < -0.39 is 0 Å². The molecule has 1 saturated carbocycles. The van der Waals surface area contributed by atoms with Gasteiger partial charge in [0, 0.05) is 49.3 Å². The van der Waals surface area contributed by atoms with Gasteiger partial charge in [0.2, 0.25) is 5.91 Å². The number of likely N-dealkylation sites (tertiary alicyclic amines) is 1. The van der Waals surface area contributed by atoms with E-state index >= 15 is 0 Å². The molecule has 1 saturated heterocycles. The van der Waals surface area contributed by atoms with Gasteiger partial charge < -0.3 is 15.5 Å². The van der Waals surface area contributed by atoms with Crippen molar-refractivity contribution in [3.63, 3.8) is 0 Å². The standard InChI is InChI=1S/C21H32N4OS/c1-16-7-9-19(10-8-16)27-14-12-23-21(22-2)24-18-11-13-25(15-18)20(26)17-5-3-4-6-17/h7-10,17-18H,3-6,11-15H2,1-2H3,(H2,22,23,24). The van der Waals surface area contributed by atoms with Gasteiger partial charge in [-0.2, -0.15) is 0 Å². The molecule has 0 radical (unpaired) electrons. The molecule has 3 rings (SSSR count). The number of aliphatic imine (C=N–C) groups is 1. The lowest BCUT2D eigenvalue weighted by Crippen LogP contribution is -2.45. The van der Waals surface area contributed by atoms with Crippen molar-refractivity contribution < 1.29 is 4.79 Å². The number of rotatable bonds is 6. The predicted molar refractivity (Wildman–Crippen MR) is 113 cm³/mol. The Morgan fingerprint density at radius 2 is 1.96 bits per heavy atom. The molecular weight excluding hydrogens is 356 g/mol. The fraction of sp³-hybridized carbons (Fsp3) is 0.619. The molecule has 1 amide bonds. The Kier molecular flexibility index (Phi) is 7.44. The van der Waals surface area contributed by atoms with Crippen LogP contribution in [0.5, 0.6) is 0 Å². The van der Waals surface area contributed by atoms with Crippen LogP contribution in [-0.2, 0) is 4.79 Å². The van der Waals surface area contributed by atoms with Gasteiger partial charge in [-0.1, -0.05) is 30.5 Å². The fourth-order valence-corrected chi connectivity index (χ4v) is 4.64. The SMILES string of the molecule is CN=C(NCCSc1ccc(C)cc1)NC1CCN(C(=O)C2CCCC2)C1. The van der Waals surface area contributed by atoms with Crippen LogP contribution >= 0.6 is 11.8 Å². The number of benzene rings is 1. The third-order valence-corrected chi connectivity index (χ3v) is 6.47. The van der Waals surface area contributed by atoms with E-state index in [2.05, 4.69) is 46.8 Å². The van der Waals surface area contributed by atoms with E-state index in [4.69, 9.17) is 0 Å². The summed E-state index contributed by atoms with van der Waals surface area (Å²) in [5, 5.41) is 6.87. The topological polar surface area (TPSA) is 56.7 Å². The molecule has 0 aromatic heterocycles. The average Bonchev–Trinajstić information content (AvgIpc) is 3.37. The summed E-state index contributed by atoms with van der Waals surface area (Å²) in [7, 11) is 1.80. The quantitative estimate of drug-likeness (QED) is 0.340. The summed E-state index contributed by atoms with van der Waals surface area (Å²) in [6.07, 6.45) is 5.58. The predicted octanol–water partition coefficient (Wildman–Crippen LogP) is 3.04. The minimum Gasteiger partial charge on any atom is -0.356 e. The highest BCUT2D eigenvalue weighted by Crippen LogP contribution is 2.27. The molecule has 2 aliphatic rings. The number of nitrogens with zero attached hydrogens (tertiary/aromatic N) is 2. The molecule has 6 heteroatoms. The smallest absolute Gasteiger partial charge is 0.225 e. The van der Waals surface area contributed by atoms with Crippen molar-refractivity contribution in [3.05, 3.63) is 29.8 Å². The molecular formula is C21H32N4OS. The summed E-state index contributed by atoms with van der Waals surface area (Å²) in [6.45, 7) is 4.63. The summed E-state index contributed by atoms with van der Waals surface area (Å²) < 4.78 is 0. The number of guanidine groups is 1. The number of hydrogen-bond donors (Lipinski definition) is 2. The van der Waals surface area contributed by atoms with Crippen molar-refractivity contribution in [2.45, 2.75) is 50.0 Å². The van der Waals surface area contributed by atoms with Crippen LogP contribution in [0.25, 0.3) is 0 Å². The number of thioether (sulfide) groups is 1. The lowest BCUT2D eigenvalue weighted by Gasteiger charge is -2.21. The van der Waals surface area contributed by atoms with Gasteiger partial charge >= 0.3 is 0 Å².